The predicted molar refractivity (Wildman–Crippen MR) is 117 cm³/mol. The lowest BCUT2D eigenvalue weighted by molar-refractivity contribution is -0.127. The summed E-state index contributed by atoms with van der Waals surface area (Å²) >= 11 is 1.27. The number of carbonyl (C=O) groups excluding carboxylic acids is 1. The number of hydrogen-bond acceptors (Lipinski definition) is 6. The van der Waals surface area contributed by atoms with Gasteiger partial charge in [-0.3, -0.25) is 4.79 Å². The van der Waals surface area contributed by atoms with Gasteiger partial charge in [0, 0.05) is 18.7 Å². The largest absolute Gasteiger partial charge is 0.494 e. The van der Waals surface area contributed by atoms with Gasteiger partial charge in [-0.15, -0.1) is 10.2 Å². The van der Waals surface area contributed by atoms with Crippen LogP contribution < -0.4 is 4.74 Å². The van der Waals surface area contributed by atoms with Crippen molar-refractivity contribution >= 4 is 23.2 Å². The van der Waals surface area contributed by atoms with Crippen molar-refractivity contribution in [1.82, 2.24) is 15.1 Å². The molecule has 0 N–H and O–H groups in total. The van der Waals surface area contributed by atoms with Crippen molar-refractivity contribution in [2.75, 3.05) is 25.4 Å². The van der Waals surface area contributed by atoms with Crippen LogP contribution in [0.2, 0.25) is 0 Å². The average Bonchev–Trinajstić information content (AvgIpc) is 3.28. The summed E-state index contributed by atoms with van der Waals surface area (Å²) in [4.78, 5) is 14.4. The third-order valence-electron chi connectivity index (χ3n) is 4.84. The Morgan fingerprint density at radius 3 is 2.60 bits per heavy atom. The van der Waals surface area contributed by atoms with Crippen molar-refractivity contribution in [1.29, 1.82) is 0 Å². The Morgan fingerprint density at radius 2 is 1.90 bits per heavy atom. The fraction of sp³-hybridized carbons (Fsp3) is 0.261. The number of aromatic nitrogens is 2. The van der Waals surface area contributed by atoms with Crippen LogP contribution in [0.25, 0.3) is 17.0 Å². The van der Waals surface area contributed by atoms with E-state index in [1.165, 1.54) is 22.9 Å². The Morgan fingerprint density at radius 1 is 1.10 bits per heavy atom. The molecule has 0 spiro atoms. The van der Waals surface area contributed by atoms with E-state index in [1.54, 1.807) is 0 Å². The summed E-state index contributed by atoms with van der Waals surface area (Å²) in [5.41, 5.74) is 3.34. The number of hydrogen-bond donors (Lipinski definition) is 0. The normalized spacial score (nSPS) is 13.8. The van der Waals surface area contributed by atoms with Crippen molar-refractivity contribution in [3.05, 3.63) is 66.2 Å². The van der Waals surface area contributed by atoms with Gasteiger partial charge in [-0.1, -0.05) is 48.2 Å². The first-order valence-corrected chi connectivity index (χ1v) is 10.9. The maximum atomic E-state index is 12.6. The molecule has 0 unspecified atom stereocenters. The number of benzene rings is 2. The van der Waals surface area contributed by atoms with Crippen LogP contribution in [0.4, 0.5) is 0 Å². The third kappa shape index (κ3) is 4.91. The molecule has 30 heavy (non-hydrogen) atoms. The molecular weight excluding hydrogens is 398 g/mol. The number of nitrogens with zero attached hydrogens (tertiary/aromatic N) is 3. The van der Waals surface area contributed by atoms with Crippen molar-refractivity contribution < 1.29 is 13.9 Å². The van der Waals surface area contributed by atoms with Crippen molar-refractivity contribution in [2.24, 2.45) is 0 Å². The summed E-state index contributed by atoms with van der Waals surface area (Å²) in [6.07, 6.45) is 3.00. The minimum atomic E-state index is 0.0733. The Hall–Kier alpha value is -3.06. The summed E-state index contributed by atoms with van der Waals surface area (Å²) < 4.78 is 11.1. The second-order valence-electron chi connectivity index (χ2n) is 6.80. The van der Waals surface area contributed by atoms with Crippen LogP contribution in [-0.4, -0.2) is 46.5 Å². The highest BCUT2D eigenvalue weighted by Gasteiger charge is 2.19. The molecule has 1 aliphatic rings. The van der Waals surface area contributed by atoms with E-state index < -0.39 is 0 Å². The zero-order chi connectivity index (χ0) is 20.8. The van der Waals surface area contributed by atoms with Crippen LogP contribution >= 0.6 is 11.8 Å². The lowest BCUT2D eigenvalue weighted by Crippen LogP contribution is -2.35. The first kappa shape index (κ1) is 20.2. The highest BCUT2D eigenvalue weighted by Crippen LogP contribution is 2.26. The summed E-state index contributed by atoms with van der Waals surface area (Å²) in [5.74, 6) is 1.58. The van der Waals surface area contributed by atoms with Crippen LogP contribution in [0, 0.1) is 0 Å². The minimum absolute atomic E-state index is 0.0733. The van der Waals surface area contributed by atoms with E-state index in [0.717, 1.165) is 24.3 Å². The minimum Gasteiger partial charge on any atom is -0.494 e. The molecule has 1 aliphatic heterocycles. The van der Waals surface area contributed by atoms with E-state index >= 15 is 0 Å². The van der Waals surface area contributed by atoms with Crippen LogP contribution in [0.3, 0.4) is 0 Å². The van der Waals surface area contributed by atoms with Gasteiger partial charge in [-0.05, 0) is 48.7 Å². The van der Waals surface area contributed by atoms with Crippen LogP contribution in [-0.2, 0) is 4.79 Å². The lowest BCUT2D eigenvalue weighted by atomic mass is 10.00. The van der Waals surface area contributed by atoms with Gasteiger partial charge in [0.2, 0.25) is 11.8 Å². The maximum absolute atomic E-state index is 12.6. The summed E-state index contributed by atoms with van der Waals surface area (Å²) in [5, 5.41) is 8.53. The summed E-state index contributed by atoms with van der Waals surface area (Å²) in [6.45, 7) is 3.92. The zero-order valence-electron chi connectivity index (χ0n) is 16.8. The molecule has 7 heteroatoms. The Bertz CT molecular complexity index is 1020. The molecule has 0 radical (unpaired) electrons. The number of thioether (sulfide) groups is 1. The molecule has 0 saturated carbocycles. The van der Waals surface area contributed by atoms with E-state index in [1.807, 2.05) is 54.3 Å². The predicted octanol–water partition coefficient (Wildman–Crippen LogP) is 4.54. The molecule has 3 aromatic rings. The standard InChI is InChI=1S/C23H23N3O3S/c1-2-28-20-10-8-19(9-11-20)22-24-25-23(29-22)30-16-21(27)26-14-12-18(13-15-26)17-6-4-3-5-7-17/h3-12H,2,13-16H2,1H3. The second-order valence-corrected chi connectivity index (χ2v) is 7.73. The Labute approximate surface area is 179 Å². The molecule has 0 aliphatic carbocycles. The summed E-state index contributed by atoms with van der Waals surface area (Å²) in [7, 11) is 0. The van der Waals surface area contributed by atoms with Crippen LogP contribution in [0.1, 0.15) is 18.9 Å². The Balaban J connectivity index is 1.30. The smallest absolute Gasteiger partial charge is 0.277 e. The second kappa shape index (κ2) is 9.63. The molecule has 0 fully saturated rings. The zero-order valence-corrected chi connectivity index (χ0v) is 17.6. The van der Waals surface area contributed by atoms with Gasteiger partial charge in [-0.25, -0.2) is 0 Å². The lowest BCUT2D eigenvalue weighted by Gasteiger charge is -2.26. The molecule has 2 heterocycles. The molecular formula is C23H23N3O3S. The van der Waals surface area contributed by atoms with E-state index in [4.69, 9.17) is 9.15 Å². The number of ether oxygens (including phenoxy) is 1. The highest BCUT2D eigenvalue weighted by atomic mass is 32.2. The van der Waals surface area contributed by atoms with Crippen LogP contribution in [0.5, 0.6) is 5.75 Å². The van der Waals surface area contributed by atoms with Gasteiger partial charge in [0.25, 0.3) is 5.22 Å². The van der Waals surface area contributed by atoms with Gasteiger partial charge in [-0.2, -0.15) is 0 Å². The topological polar surface area (TPSA) is 68.5 Å². The number of rotatable bonds is 7. The molecule has 1 aromatic heterocycles. The Kier molecular flexibility index (Phi) is 6.49. The van der Waals surface area contributed by atoms with Crippen molar-refractivity contribution in [2.45, 2.75) is 18.6 Å². The van der Waals surface area contributed by atoms with E-state index in [9.17, 15) is 4.79 Å². The molecule has 2 aromatic carbocycles. The highest BCUT2D eigenvalue weighted by molar-refractivity contribution is 7.99. The third-order valence-corrected chi connectivity index (χ3v) is 5.65. The van der Waals surface area contributed by atoms with Gasteiger partial charge in [0.05, 0.1) is 12.4 Å². The fourth-order valence-electron chi connectivity index (χ4n) is 3.27. The van der Waals surface area contributed by atoms with Gasteiger partial charge < -0.3 is 14.1 Å². The average molecular weight is 422 g/mol. The van der Waals surface area contributed by atoms with E-state index in [0.29, 0.717) is 24.3 Å². The number of amides is 1. The maximum Gasteiger partial charge on any atom is 0.277 e. The van der Waals surface area contributed by atoms with Gasteiger partial charge in [0.15, 0.2) is 0 Å². The monoisotopic (exact) mass is 421 g/mol. The molecule has 0 atom stereocenters. The van der Waals surface area contributed by atoms with Crippen LogP contribution in [0.15, 0.2) is 70.3 Å². The molecule has 4 rings (SSSR count). The van der Waals surface area contributed by atoms with E-state index in [2.05, 4.69) is 28.4 Å². The van der Waals surface area contributed by atoms with Crippen molar-refractivity contribution in [3.8, 4) is 17.2 Å². The van der Waals surface area contributed by atoms with E-state index in [-0.39, 0.29) is 11.7 Å². The SMILES string of the molecule is CCOc1ccc(-c2nnc(SCC(=O)N3CC=C(c4ccccc4)CC3)o2)cc1. The molecule has 0 bridgehead atoms. The van der Waals surface area contributed by atoms with Gasteiger partial charge >= 0.3 is 0 Å². The first-order valence-electron chi connectivity index (χ1n) is 9.94. The molecule has 6 nitrogen and oxygen atoms in total. The molecule has 1 amide bonds. The fourth-order valence-corrected chi connectivity index (χ4v) is 3.94. The van der Waals surface area contributed by atoms with Gasteiger partial charge in [0.1, 0.15) is 5.75 Å². The summed E-state index contributed by atoms with van der Waals surface area (Å²) in [6, 6.07) is 17.8. The quantitative estimate of drug-likeness (QED) is 0.522. The molecule has 154 valence electrons. The number of carbonyl (C=O) groups is 1. The molecule has 0 saturated heterocycles. The van der Waals surface area contributed by atoms with Crippen molar-refractivity contribution in [3.63, 3.8) is 0 Å². The first-order chi connectivity index (χ1) is 14.7.